The second-order valence-corrected chi connectivity index (χ2v) is 8.50. The number of aromatic nitrogens is 2. The maximum Gasteiger partial charge on any atom is 0.416 e. The molecular weight excluding hydrogens is 401 g/mol. The van der Waals surface area contributed by atoms with Gasteiger partial charge in [0.15, 0.2) is 5.16 Å². The number of alkyl halides is 3. The van der Waals surface area contributed by atoms with Gasteiger partial charge in [-0.1, -0.05) is 50.7 Å². The van der Waals surface area contributed by atoms with Crippen molar-refractivity contribution < 1.29 is 18.0 Å². The normalized spacial score (nSPS) is 12.3. The molecule has 0 spiro atoms. The van der Waals surface area contributed by atoms with Crippen molar-refractivity contribution in [3.05, 3.63) is 64.4 Å². The van der Waals surface area contributed by atoms with Crippen LogP contribution >= 0.6 is 11.8 Å². The van der Waals surface area contributed by atoms with E-state index in [1.807, 2.05) is 0 Å². The van der Waals surface area contributed by atoms with Gasteiger partial charge in [-0.05, 0) is 30.3 Å². The Morgan fingerprint density at radius 3 is 2.41 bits per heavy atom. The fraction of sp³-hybridized carbons (Fsp3) is 0.286. The SMILES string of the molecule is CC(C)(C)C(=O)CSc1nc2ccccc2c(=O)n1-c1cccc(C(F)(F)F)c1. The van der Waals surface area contributed by atoms with Crippen molar-refractivity contribution in [3.8, 4) is 5.69 Å². The zero-order valence-electron chi connectivity index (χ0n) is 16.1. The lowest BCUT2D eigenvalue weighted by Crippen LogP contribution is -2.25. The Morgan fingerprint density at radius 2 is 1.76 bits per heavy atom. The summed E-state index contributed by atoms with van der Waals surface area (Å²) in [6, 6.07) is 11.1. The molecule has 1 aromatic heterocycles. The van der Waals surface area contributed by atoms with E-state index < -0.39 is 22.7 Å². The van der Waals surface area contributed by atoms with Gasteiger partial charge >= 0.3 is 6.18 Å². The number of fused-ring (bicyclic) bond motifs is 1. The van der Waals surface area contributed by atoms with Gasteiger partial charge in [-0.2, -0.15) is 13.2 Å². The van der Waals surface area contributed by atoms with Crippen LogP contribution in [-0.4, -0.2) is 21.1 Å². The highest BCUT2D eigenvalue weighted by Gasteiger charge is 2.31. The Morgan fingerprint density at radius 1 is 1.07 bits per heavy atom. The smallest absolute Gasteiger partial charge is 0.298 e. The number of nitrogens with zero attached hydrogens (tertiary/aromatic N) is 2. The number of para-hydroxylation sites is 1. The van der Waals surface area contributed by atoms with Crippen LogP contribution < -0.4 is 5.56 Å². The predicted octanol–water partition coefficient (Wildman–Crippen LogP) is 5.11. The van der Waals surface area contributed by atoms with E-state index in [0.717, 1.165) is 28.5 Å². The van der Waals surface area contributed by atoms with Crippen molar-refractivity contribution >= 4 is 28.4 Å². The molecule has 0 radical (unpaired) electrons. The third kappa shape index (κ3) is 4.53. The van der Waals surface area contributed by atoms with Crippen LogP contribution in [0.1, 0.15) is 26.3 Å². The van der Waals surface area contributed by atoms with Gasteiger partial charge in [0, 0.05) is 5.41 Å². The van der Waals surface area contributed by atoms with E-state index in [9.17, 15) is 22.8 Å². The van der Waals surface area contributed by atoms with Crippen LogP contribution in [0.25, 0.3) is 16.6 Å². The first-order valence-electron chi connectivity index (χ1n) is 8.84. The molecule has 29 heavy (non-hydrogen) atoms. The summed E-state index contributed by atoms with van der Waals surface area (Å²) >= 11 is 1.04. The van der Waals surface area contributed by atoms with Crippen molar-refractivity contribution in [3.63, 3.8) is 0 Å². The minimum atomic E-state index is -4.54. The monoisotopic (exact) mass is 420 g/mol. The fourth-order valence-corrected chi connectivity index (χ4v) is 3.78. The Labute approximate surface area is 169 Å². The Bertz CT molecular complexity index is 1130. The Balaban J connectivity index is 2.18. The van der Waals surface area contributed by atoms with E-state index in [0.29, 0.717) is 5.52 Å². The summed E-state index contributed by atoms with van der Waals surface area (Å²) in [6.45, 7) is 5.34. The molecule has 0 aliphatic heterocycles. The average molecular weight is 420 g/mol. The van der Waals surface area contributed by atoms with Crippen molar-refractivity contribution in [2.45, 2.75) is 32.1 Å². The Kier molecular flexibility index (Phi) is 5.58. The van der Waals surface area contributed by atoms with Crippen LogP contribution in [0.15, 0.2) is 58.5 Å². The van der Waals surface area contributed by atoms with E-state index in [2.05, 4.69) is 4.98 Å². The number of carbonyl (C=O) groups excluding carboxylic acids is 1. The molecule has 0 saturated carbocycles. The minimum absolute atomic E-state index is 0.0489. The third-order valence-electron chi connectivity index (χ3n) is 4.35. The van der Waals surface area contributed by atoms with Gasteiger partial charge in [0.1, 0.15) is 5.78 Å². The van der Waals surface area contributed by atoms with Crippen LogP contribution in [0, 0.1) is 5.41 Å². The average Bonchev–Trinajstić information content (AvgIpc) is 2.65. The first-order chi connectivity index (χ1) is 13.5. The second kappa shape index (κ2) is 7.67. The number of hydrogen-bond acceptors (Lipinski definition) is 4. The lowest BCUT2D eigenvalue weighted by atomic mass is 9.92. The predicted molar refractivity (Wildman–Crippen MR) is 108 cm³/mol. The molecular formula is C21H19F3N2O2S. The minimum Gasteiger partial charge on any atom is -0.298 e. The quantitative estimate of drug-likeness (QED) is 0.435. The van der Waals surface area contributed by atoms with Crippen LogP contribution in [-0.2, 0) is 11.0 Å². The molecule has 0 bridgehead atoms. The molecule has 0 atom stereocenters. The van der Waals surface area contributed by atoms with Gasteiger partial charge < -0.3 is 0 Å². The number of halogens is 3. The molecule has 3 rings (SSSR count). The lowest BCUT2D eigenvalue weighted by Gasteiger charge is -2.18. The highest BCUT2D eigenvalue weighted by Crippen LogP contribution is 2.31. The Hall–Kier alpha value is -2.61. The summed E-state index contributed by atoms with van der Waals surface area (Å²) in [5, 5.41) is 0.460. The molecule has 0 aliphatic carbocycles. The number of benzene rings is 2. The highest BCUT2D eigenvalue weighted by molar-refractivity contribution is 7.99. The summed E-state index contributed by atoms with van der Waals surface area (Å²) in [5.74, 6) is -0.00624. The maximum atomic E-state index is 13.2. The number of hydrogen-bond donors (Lipinski definition) is 0. The summed E-state index contributed by atoms with van der Waals surface area (Å²) in [5.41, 5.74) is -1.46. The van der Waals surface area contributed by atoms with Crippen molar-refractivity contribution in [2.75, 3.05) is 5.75 Å². The summed E-state index contributed by atoms with van der Waals surface area (Å²) in [4.78, 5) is 29.9. The van der Waals surface area contributed by atoms with Gasteiger partial charge in [-0.3, -0.25) is 14.2 Å². The molecule has 2 aromatic carbocycles. The maximum absolute atomic E-state index is 13.2. The first kappa shape index (κ1) is 21.1. The molecule has 0 N–H and O–H groups in total. The van der Waals surface area contributed by atoms with Gasteiger partial charge in [0.2, 0.25) is 0 Å². The number of thioether (sulfide) groups is 1. The molecule has 0 unspecified atom stereocenters. The number of ketones is 1. The fourth-order valence-electron chi connectivity index (χ4n) is 2.60. The molecule has 1 heterocycles. The number of carbonyl (C=O) groups is 1. The van der Waals surface area contributed by atoms with Crippen molar-refractivity contribution in [2.24, 2.45) is 5.41 Å². The molecule has 0 saturated heterocycles. The van der Waals surface area contributed by atoms with Crippen molar-refractivity contribution in [1.82, 2.24) is 9.55 Å². The highest BCUT2D eigenvalue weighted by atomic mass is 32.2. The molecule has 0 aliphatic rings. The molecule has 152 valence electrons. The van der Waals surface area contributed by atoms with Crippen LogP contribution in [0.2, 0.25) is 0 Å². The third-order valence-corrected chi connectivity index (χ3v) is 5.28. The number of rotatable bonds is 4. The second-order valence-electron chi connectivity index (χ2n) is 7.56. The van der Waals surface area contributed by atoms with Gasteiger partial charge in [0.05, 0.1) is 27.9 Å². The molecule has 0 fully saturated rings. The zero-order valence-corrected chi connectivity index (χ0v) is 16.9. The van der Waals surface area contributed by atoms with E-state index in [4.69, 9.17) is 0 Å². The molecule has 4 nitrogen and oxygen atoms in total. The van der Waals surface area contributed by atoms with E-state index in [1.165, 1.54) is 12.1 Å². The standard InChI is InChI=1S/C21H19F3N2O2S/c1-20(2,3)17(27)12-29-19-25-16-10-5-4-9-15(16)18(28)26(19)14-8-6-7-13(11-14)21(22,23)24/h4-11H,12H2,1-3H3. The van der Waals surface area contributed by atoms with Crippen LogP contribution in [0.4, 0.5) is 13.2 Å². The van der Waals surface area contributed by atoms with E-state index >= 15 is 0 Å². The number of Topliss-reactive ketones (excluding diaryl/α,β-unsaturated/α-hetero) is 1. The summed E-state index contributed by atoms with van der Waals surface area (Å²) in [7, 11) is 0. The van der Waals surface area contributed by atoms with E-state index in [1.54, 1.807) is 45.0 Å². The largest absolute Gasteiger partial charge is 0.416 e. The summed E-state index contributed by atoms with van der Waals surface area (Å²) < 4.78 is 40.6. The zero-order chi connectivity index (χ0) is 21.4. The van der Waals surface area contributed by atoms with Crippen LogP contribution in [0.3, 0.4) is 0 Å². The lowest BCUT2D eigenvalue weighted by molar-refractivity contribution is -0.137. The topological polar surface area (TPSA) is 52.0 Å². The first-order valence-corrected chi connectivity index (χ1v) is 9.82. The van der Waals surface area contributed by atoms with Gasteiger partial charge in [0.25, 0.3) is 5.56 Å². The van der Waals surface area contributed by atoms with E-state index in [-0.39, 0.29) is 27.8 Å². The van der Waals surface area contributed by atoms with Crippen LogP contribution in [0.5, 0.6) is 0 Å². The molecule has 0 amide bonds. The van der Waals surface area contributed by atoms with Crippen molar-refractivity contribution in [1.29, 1.82) is 0 Å². The van der Waals surface area contributed by atoms with Gasteiger partial charge in [-0.15, -0.1) is 0 Å². The molecule has 8 heteroatoms. The van der Waals surface area contributed by atoms with Gasteiger partial charge in [-0.25, -0.2) is 4.98 Å². The summed E-state index contributed by atoms with van der Waals surface area (Å²) in [6.07, 6.45) is -4.54. The molecule has 3 aromatic rings.